The van der Waals surface area contributed by atoms with Gasteiger partial charge in [-0.3, -0.25) is 14.4 Å². The number of carbonyl (C=O) groups excluding carboxylic acids is 4. The average molecular weight is 830 g/mol. The van der Waals surface area contributed by atoms with E-state index in [1.807, 2.05) is 41.5 Å². The summed E-state index contributed by atoms with van der Waals surface area (Å²) in [6.07, 6.45) is 19.3. The van der Waals surface area contributed by atoms with Crippen LogP contribution in [0.25, 0.3) is 0 Å². The van der Waals surface area contributed by atoms with E-state index in [2.05, 4.69) is 20.3 Å². The lowest BCUT2D eigenvalue weighted by molar-refractivity contribution is -0.156. The number of morpholine rings is 1. The van der Waals surface area contributed by atoms with Crippen LogP contribution < -0.4 is 0 Å². The normalized spacial score (nSPS) is 18.0. The maximum atomic E-state index is 12.7. The van der Waals surface area contributed by atoms with Gasteiger partial charge in [0.05, 0.1) is 32.7 Å². The molecular weight excluding hydrogens is 759 g/mol. The summed E-state index contributed by atoms with van der Waals surface area (Å²) < 4.78 is 31.9. The molecule has 15 heteroatoms. The Morgan fingerprint density at radius 3 is 1.56 bits per heavy atom. The number of aromatic nitrogens is 4. The van der Waals surface area contributed by atoms with Gasteiger partial charge in [0.25, 0.3) is 17.6 Å². The van der Waals surface area contributed by atoms with E-state index in [9.17, 15) is 19.2 Å². The first-order chi connectivity index (χ1) is 28.1. The van der Waals surface area contributed by atoms with Crippen LogP contribution in [0.5, 0.6) is 0 Å². The van der Waals surface area contributed by atoms with E-state index in [1.54, 1.807) is 11.8 Å². The van der Waals surface area contributed by atoms with Gasteiger partial charge in [0.2, 0.25) is 11.8 Å². The van der Waals surface area contributed by atoms with Gasteiger partial charge in [-0.05, 0) is 78.3 Å². The first kappa shape index (κ1) is 47.8. The monoisotopic (exact) mass is 830 g/mol. The Hall–Kier alpha value is -3.88. The molecule has 1 saturated heterocycles. The number of hydrogen-bond acceptors (Lipinski definition) is 14. The van der Waals surface area contributed by atoms with Gasteiger partial charge in [0.15, 0.2) is 0 Å². The summed E-state index contributed by atoms with van der Waals surface area (Å²) >= 11 is 0. The zero-order valence-corrected chi connectivity index (χ0v) is 36.9. The van der Waals surface area contributed by atoms with Crippen molar-refractivity contribution >= 4 is 23.8 Å². The average Bonchev–Trinajstić information content (AvgIpc) is 3.89. The Kier molecular flexibility index (Phi) is 19.3. The molecule has 2 aromatic heterocycles. The molecule has 0 aromatic carbocycles. The number of rotatable bonds is 17. The Morgan fingerprint density at radius 1 is 0.678 bits per heavy atom. The molecule has 2 aliphatic carbocycles. The predicted octanol–water partition coefficient (Wildman–Crippen LogP) is 8.92. The van der Waals surface area contributed by atoms with Crippen molar-refractivity contribution in [1.29, 1.82) is 0 Å². The molecule has 332 valence electrons. The fourth-order valence-electron chi connectivity index (χ4n) is 8.13. The molecule has 1 aliphatic heterocycles. The minimum Gasteiger partial charge on any atom is -0.460 e. The molecule has 5 rings (SSSR count). The molecule has 0 spiro atoms. The van der Waals surface area contributed by atoms with Gasteiger partial charge in [0, 0.05) is 24.9 Å². The van der Waals surface area contributed by atoms with E-state index in [0.717, 1.165) is 50.4 Å². The fourth-order valence-corrected chi connectivity index (χ4v) is 8.13. The summed E-state index contributed by atoms with van der Waals surface area (Å²) in [7, 11) is 0. The second-order valence-corrected chi connectivity index (χ2v) is 18.4. The third-order valence-electron chi connectivity index (χ3n) is 11.0. The Balaban J connectivity index is 0.000000262. The van der Waals surface area contributed by atoms with Crippen molar-refractivity contribution in [3.63, 3.8) is 0 Å². The molecule has 0 radical (unpaired) electrons. The zero-order chi connectivity index (χ0) is 42.8. The fraction of sp³-hybridized carbons (Fsp3) is 0.818. The highest BCUT2D eigenvalue weighted by Crippen LogP contribution is 2.33. The minimum atomic E-state index is -0.615. The first-order valence-corrected chi connectivity index (χ1v) is 22.2. The van der Waals surface area contributed by atoms with Crippen LogP contribution in [0.1, 0.15) is 209 Å². The Labute approximate surface area is 350 Å². The number of nitrogens with zero attached hydrogens (tertiary/aromatic N) is 5. The molecule has 0 unspecified atom stereocenters. The molecule has 2 aromatic rings. The second kappa shape index (κ2) is 23.8. The van der Waals surface area contributed by atoms with Crippen LogP contribution in [0.3, 0.4) is 0 Å². The lowest BCUT2D eigenvalue weighted by atomic mass is 9.84. The van der Waals surface area contributed by atoms with Gasteiger partial charge in [-0.1, -0.05) is 95.0 Å². The standard InChI is InChI=1S/C23H37N3O5.C21H34N2O5/c1-23(2,3)30-19(27)16-18(11-7-10-17-8-5-4-6-9-17)21-24-20(25-31-21)22(28)26-12-14-29-15-13-26;1-5-26-20(25)18-22-19(28-23-18)16(14-17(24)27-21(2,3)4)13-9-12-15-10-7-6-8-11-15/h17-18H,4-16H2,1-3H3;15-16H,5-14H2,1-4H3/t18-;16-/m11/s1. The van der Waals surface area contributed by atoms with E-state index in [0.29, 0.717) is 38.1 Å². The first-order valence-electron chi connectivity index (χ1n) is 22.2. The minimum absolute atomic E-state index is 0.0540. The predicted molar refractivity (Wildman–Crippen MR) is 219 cm³/mol. The smallest absolute Gasteiger partial charge is 0.379 e. The molecule has 3 aliphatic rings. The van der Waals surface area contributed by atoms with Crippen LogP contribution in [0.15, 0.2) is 9.05 Å². The van der Waals surface area contributed by atoms with Gasteiger partial charge in [-0.2, -0.15) is 9.97 Å². The van der Waals surface area contributed by atoms with E-state index < -0.39 is 17.2 Å². The number of amides is 1. The van der Waals surface area contributed by atoms with E-state index in [-0.39, 0.29) is 60.8 Å². The number of hydrogen-bond donors (Lipinski definition) is 0. The largest absolute Gasteiger partial charge is 0.460 e. The summed E-state index contributed by atoms with van der Waals surface area (Å²) in [4.78, 5) is 59.6. The quantitative estimate of drug-likeness (QED) is 0.109. The Bertz CT molecular complexity index is 1580. The third kappa shape index (κ3) is 17.7. The zero-order valence-electron chi connectivity index (χ0n) is 36.9. The van der Waals surface area contributed by atoms with Crippen molar-refractivity contribution in [3.8, 4) is 0 Å². The van der Waals surface area contributed by atoms with E-state index >= 15 is 0 Å². The van der Waals surface area contributed by atoms with Crippen molar-refractivity contribution in [3.05, 3.63) is 23.4 Å². The molecule has 3 heterocycles. The van der Waals surface area contributed by atoms with Gasteiger partial charge in [0.1, 0.15) is 11.2 Å². The van der Waals surface area contributed by atoms with Crippen LogP contribution in [0.4, 0.5) is 0 Å². The van der Waals surface area contributed by atoms with Crippen molar-refractivity contribution in [1.82, 2.24) is 25.2 Å². The van der Waals surface area contributed by atoms with Gasteiger partial charge in [-0.15, -0.1) is 0 Å². The molecule has 2 saturated carbocycles. The van der Waals surface area contributed by atoms with Gasteiger partial charge < -0.3 is 32.9 Å². The molecule has 1 amide bonds. The van der Waals surface area contributed by atoms with Crippen LogP contribution in [0.2, 0.25) is 0 Å². The summed E-state index contributed by atoms with van der Waals surface area (Å²) in [6, 6.07) is 0. The van der Waals surface area contributed by atoms with Gasteiger partial charge in [-0.25, -0.2) is 4.79 Å². The maximum absolute atomic E-state index is 12.7. The molecule has 59 heavy (non-hydrogen) atoms. The summed E-state index contributed by atoms with van der Waals surface area (Å²) in [6.45, 7) is 15.1. The van der Waals surface area contributed by atoms with Crippen molar-refractivity contribution in [2.75, 3.05) is 32.9 Å². The highest BCUT2D eigenvalue weighted by Gasteiger charge is 2.30. The van der Waals surface area contributed by atoms with E-state index in [1.165, 1.54) is 64.2 Å². The third-order valence-corrected chi connectivity index (χ3v) is 11.0. The van der Waals surface area contributed by atoms with Crippen LogP contribution in [0, 0.1) is 11.8 Å². The molecule has 15 nitrogen and oxygen atoms in total. The van der Waals surface area contributed by atoms with Crippen LogP contribution >= 0.6 is 0 Å². The number of carbonyl (C=O) groups is 4. The lowest BCUT2D eigenvalue weighted by Crippen LogP contribution is -2.41. The number of esters is 3. The molecular formula is C44H71N5O10. The summed E-state index contributed by atoms with van der Waals surface area (Å²) in [5.41, 5.74) is -1.09. The Morgan fingerprint density at radius 2 is 1.12 bits per heavy atom. The number of ether oxygens (including phenoxy) is 4. The highest BCUT2D eigenvalue weighted by molar-refractivity contribution is 5.90. The molecule has 3 fully saturated rings. The molecule has 2 atom stereocenters. The molecule has 0 N–H and O–H groups in total. The molecule has 0 bridgehead atoms. The highest BCUT2D eigenvalue weighted by atomic mass is 16.6. The van der Waals surface area contributed by atoms with Crippen molar-refractivity contribution in [2.45, 2.75) is 187 Å². The van der Waals surface area contributed by atoms with Gasteiger partial charge >= 0.3 is 17.9 Å². The van der Waals surface area contributed by atoms with Crippen molar-refractivity contribution in [2.24, 2.45) is 11.8 Å². The topological polar surface area (TPSA) is 186 Å². The summed E-state index contributed by atoms with van der Waals surface area (Å²) in [5, 5.41) is 7.64. The van der Waals surface area contributed by atoms with Crippen LogP contribution in [-0.2, 0) is 28.5 Å². The van der Waals surface area contributed by atoms with Crippen LogP contribution in [-0.4, -0.2) is 93.1 Å². The second-order valence-electron chi connectivity index (χ2n) is 18.4. The lowest BCUT2D eigenvalue weighted by Gasteiger charge is -2.25. The summed E-state index contributed by atoms with van der Waals surface area (Å²) in [5.74, 6) is 0.213. The SMILES string of the molecule is CC(C)(C)OC(=O)C[C@@H](CCCC1CCCCC1)c1nc(C(=O)N2CCOCC2)no1.CCOC(=O)c1noc([C@H](CCCC2CCCCC2)CC(=O)OC(C)(C)C)n1. The maximum Gasteiger partial charge on any atom is 0.379 e. The van der Waals surface area contributed by atoms with E-state index in [4.69, 9.17) is 28.0 Å². The van der Waals surface area contributed by atoms with Crippen molar-refractivity contribution < 1.29 is 47.2 Å².